The van der Waals surface area contributed by atoms with Crippen LogP contribution in [0.2, 0.25) is 0 Å². The third kappa shape index (κ3) is 4.34. The lowest BCUT2D eigenvalue weighted by molar-refractivity contribution is 0.0985. The minimum absolute atomic E-state index is 0.176. The first-order valence-corrected chi connectivity index (χ1v) is 13.3. The van der Waals surface area contributed by atoms with Gasteiger partial charge in [-0.3, -0.25) is 4.57 Å². The van der Waals surface area contributed by atoms with Crippen LogP contribution in [0.25, 0.3) is 17.0 Å². The van der Waals surface area contributed by atoms with Gasteiger partial charge in [0.25, 0.3) is 0 Å². The number of nitrogens with zero attached hydrogens (tertiary/aromatic N) is 6. The number of sulfonamides is 1. The van der Waals surface area contributed by atoms with E-state index >= 15 is 0 Å². The van der Waals surface area contributed by atoms with E-state index in [0.29, 0.717) is 32.3 Å². The average Bonchev–Trinajstić information content (AvgIpc) is 3.14. The molecule has 0 N–H and O–H groups in total. The molecule has 1 atom stereocenters. The Morgan fingerprint density at radius 2 is 1.82 bits per heavy atom. The summed E-state index contributed by atoms with van der Waals surface area (Å²) in [6, 6.07) is 10.3. The SMILES string of the molecule is Cc1nc2ccccc2n1-c1nc(C2CCN(S(C)(=O)=O)CC2)cc(N2CCOC[C@H]2C)n1. The number of hydrogen-bond acceptors (Lipinski definition) is 7. The smallest absolute Gasteiger partial charge is 0.237 e. The summed E-state index contributed by atoms with van der Waals surface area (Å²) in [5, 5.41) is 0. The summed E-state index contributed by atoms with van der Waals surface area (Å²) < 4.78 is 33.2. The number of piperidine rings is 1. The number of aryl methyl sites for hydroxylation is 1. The fourth-order valence-corrected chi connectivity index (χ4v) is 5.72. The summed E-state index contributed by atoms with van der Waals surface area (Å²) in [5.74, 6) is 2.50. The van der Waals surface area contributed by atoms with Gasteiger partial charge in [-0.25, -0.2) is 22.7 Å². The van der Waals surface area contributed by atoms with Gasteiger partial charge in [0, 0.05) is 31.6 Å². The molecule has 0 spiro atoms. The summed E-state index contributed by atoms with van der Waals surface area (Å²) in [6.45, 7) is 7.24. The van der Waals surface area contributed by atoms with Gasteiger partial charge in [-0.1, -0.05) is 12.1 Å². The van der Waals surface area contributed by atoms with Crippen molar-refractivity contribution in [2.45, 2.75) is 38.6 Å². The standard InChI is InChI=1S/C23H30N6O3S/c1-16-15-32-13-12-28(16)22-14-20(18-8-10-27(11-9-18)33(3,30)31)25-23(26-22)29-17(2)24-19-6-4-5-7-21(19)29/h4-7,14,16,18H,8-13,15H2,1-3H3/t16-/m1/s1. The molecule has 2 saturated heterocycles. The van der Waals surface area contributed by atoms with E-state index in [9.17, 15) is 8.42 Å². The largest absolute Gasteiger partial charge is 0.377 e. The third-order valence-corrected chi connectivity index (χ3v) is 7.96. The number of benzene rings is 1. The number of morpholine rings is 1. The number of imidazole rings is 1. The van der Waals surface area contributed by atoms with Crippen LogP contribution in [0.1, 0.15) is 37.2 Å². The predicted octanol–water partition coefficient (Wildman–Crippen LogP) is 2.49. The van der Waals surface area contributed by atoms with Crippen molar-refractivity contribution >= 4 is 26.9 Å². The molecule has 0 unspecified atom stereocenters. The molecule has 0 bridgehead atoms. The molecule has 0 aliphatic carbocycles. The van der Waals surface area contributed by atoms with E-state index in [1.54, 1.807) is 4.31 Å². The Morgan fingerprint density at radius 3 is 2.55 bits per heavy atom. The zero-order valence-corrected chi connectivity index (χ0v) is 20.1. The molecule has 0 radical (unpaired) electrons. The number of para-hydroxylation sites is 2. The molecular formula is C23H30N6O3S. The maximum atomic E-state index is 12.0. The zero-order valence-electron chi connectivity index (χ0n) is 19.3. The molecule has 0 saturated carbocycles. The lowest BCUT2D eigenvalue weighted by Crippen LogP contribution is -2.44. The Morgan fingerprint density at radius 1 is 1.06 bits per heavy atom. The number of ether oxygens (including phenoxy) is 1. The first kappa shape index (κ1) is 22.2. The van der Waals surface area contributed by atoms with Crippen LogP contribution in [0.3, 0.4) is 0 Å². The molecule has 10 heteroatoms. The number of aromatic nitrogens is 4. The summed E-state index contributed by atoms with van der Waals surface area (Å²) in [7, 11) is -3.17. The minimum atomic E-state index is -3.17. The van der Waals surface area contributed by atoms with Gasteiger partial charge in [0.15, 0.2) is 0 Å². The van der Waals surface area contributed by atoms with Crippen molar-refractivity contribution < 1.29 is 13.2 Å². The second-order valence-corrected chi connectivity index (χ2v) is 11.0. The van der Waals surface area contributed by atoms with Crippen molar-refractivity contribution in [3.8, 4) is 5.95 Å². The van der Waals surface area contributed by atoms with E-state index in [4.69, 9.17) is 19.7 Å². The van der Waals surface area contributed by atoms with E-state index < -0.39 is 10.0 Å². The number of fused-ring (bicyclic) bond motifs is 1. The van der Waals surface area contributed by atoms with Crippen molar-refractivity contribution in [3.63, 3.8) is 0 Å². The number of rotatable bonds is 4. The molecule has 176 valence electrons. The van der Waals surface area contributed by atoms with Crippen molar-refractivity contribution in [1.82, 2.24) is 23.8 Å². The first-order chi connectivity index (χ1) is 15.8. The molecule has 2 aromatic heterocycles. The van der Waals surface area contributed by atoms with Crippen molar-refractivity contribution in [2.24, 2.45) is 0 Å². The van der Waals surface area contributed by atoms with Gasteiger partial charge in [0.2, 0.25) is 16.0 Å². The summed E-state index contributed by atoms with van der Waals surface area (Å²) in [4.78, 5) is 17.0. The molecule has 3 aromatic rings. The van der Waals surface area contributed by atoms with Crippen LogP contribution in [0, 0.1) is 6.92 Å². The highest BCUT2D eigenvalue weighted by Crippen LogP contribution is 2.32. The maximum absolute atomic E-state index is 12.0. The second-order valence-electron chi connectivity index (χ2n) is 8.99. The molecule has 2 aliphatic rings. The highest BCUT2D eigenvalue weighted by Gasteiger charge is 2.29. The molecule has 33 heavy (non-hydrogen) atoms. The van der Waals surface area contributed by atoms with Crippen molar-refractivity contribution in [1.29, 1.82) is 0 Å². The monoisotopic (exact) mass is 470 g/mol. The van der Waals surface area contributed by atoms with Crippen LogP contribution in [0.15, 0.2) is 30.3 Å². The van der Waals surface area contributed by atoms with Gasteiger partial charge in [0.1, 0.15) is 11.6 Å². The van der Waals surface area contributed by atoms with Gasteiger partial charge in [-0.15, -0.1) is 0 Å². The average molecular weight is 471 g/mol. The van der Waals surface area contributed by atoms with Gasteiger partial charge < -0.3 is 9.64 Å². The normalized spacial score (nSPS) is 21.1. The van der Waals surface area contributed by atoms with E-state index in [1.165, 1.54) is 6.26 Å². The van der Waals surface area contributed by atoms with Crippen LogP contribution in [0.5, 0.6) is 0 Å². The van der Waals surface area contributed by atoms with Crippen LogP contribution in [-0.4, -0.2) is 77.4 Å². The third-order valence-electron chi connectivity index (χ3n) is 6.65. The highest BCUT2D eigenvalue weighted by molar-refractivity contribution is 7.88. The molecule has 2 aliphatic heterocycles. The summed E-state index contributed by atoms with van der Waals surface area (Å²) in [6.07, 6.45) is 2.76. The molecule has 0 amide bonds. The predicted molar refractivity (Wildman–Crippen MR) is 127 cm³/mol. The van der Waals surface area contributed by atoms with E-state index in [-0.39, 0.29) is 12.0 Å². The van der Waals surface area contributed by atoms with E-state index in [0.717, 1.165) is 47.8 Å². The first-order valence-electron chi connectivity index (χ1n) is 11.4. The van der Waals surface area contributed by atoms with Crippen LogP contribution >= 0.6 is 0 Å². The molecular weight excluding hydrogens is 440 g/mol. The molecule has 5 rings (SSSR count). The lowest BCUT2D eigenvalue weighted by atomic mass is 9.94. The van der Waals surface area contributed by atoms with E-state index in [2.05, 4.69) is 17.9 Å². The van der Waals surface area contributed by atoms with Gasteiger partial charge in [0.05, 0.1) is 42.2 Å². The molecule has 2 fully saturated rings. The van der Waals surface area contributed by atoms with Gasteiger partial charge in [-0.2, -0.15) is 4.98 Å². The topological polar surface area (TPSA) is 93.5 Å². The second kappa shape index (κ2) is 8.66. The van der Waals surface area contributed by atoms with Gasteiger partial charge >= 0.3 is 0 Å². The van der Waals surface area contributed by atoms with E-state index in [1.807, 2.05) is 35.8 Å². The Kier molecular flexibility index (Phi) is 5.84. The fraction of sp³-hybridized carbons (Fsp3) is 0.522. The summed E-state index contributed by atoms with van der Waals surface area (Å²) >= 11 is 0. The fourth-order valence-electron chi connectivity index (χ4n) is 4.85. The molecule has 9 nitrogen and oxygen atoms in total. The number of hydrogen-bond donors (Lipinski definition) is 0. The molecule has 1 aromatic carbocycles. The number of anilines is 1. The van der Waals surface area contributed by atoms with Crippen molar-refractivity contribution in [2.75, 3.05) is 44.0 Å². The van der Waals surface area contributed by atoms with Crippen molar-refractivity contribution in [3.05, 3.63) is 41.9 Å². The Hall–Kier alpha value is -2.56. The quantitative estimate of drug-likeness (QED) is 0.578. The van der Waals surface area contributed by atoms with Gasteiger partial charge in [-0.05, 0) is 38.8 Å². The molecule has 4 heterocycles. The Labute approximate surface area is 194 Å². The minimum Gasteiger partial charge on any atom is -0.377 e. The Balaban J connectivity index is 1.58. The zero-order chi connectivity index (χ0) is 23.2. The lowest BCUT2D eigenvalue weighted by Gasteiger charge is -2.35. The van der Waals surface area contributed by atoms with Crippen LogP contribution in [-0.2, 0) is 14.8 Å². The van der Waals surface area contributed by atoms with Crippen LogP contribution in [0.4, 0.5) is 5.82 Å². The summed E-state index contributed by atoms with van der Waals surface area (Å²) in [5.41, 5.74) is 2.84. The Bertz CT molecular complexity index is 1270. The maximum Gasteiger partial charge on any atom is 0.237 e. The van der Waals surface area contributed by atoms with Crippen LogP contribution < -0.4 is 4.90 Å². The highest BCUT2D eigenvalue weighted by atomic mass is 32.2.